The number of aryl methyl sites for hydroxylation is 2. The molecule has 1 aliphatic rings. The van der Waals surface area contributed by atoms with Gasteiger partial charge in [0.1, 0.15) is 5.82 Å². The molecule has 0 spiro atoms. The lowest BCUT2D eigenvalue weighted by atomic mass is 10.0. The third-order valence-electron chi connectivity index (χ3n) is 3.73. The van der Waals surface area contributed by atoms with E-state index in [4.69, 9.17) is 10.6 Å². The van der Waals surface area contributed by atoms with Crippen molar-refractivity contribution in [3.63, 3.8) is 0 Å². The summed E-state index contributed by atoms with van der Waals surface area (Å²) in [6.45, 7) is 0.929. The number of hydrogen-bond donors (Lipinski definition) is 2. The number of nitrogens with two attached hydrogens (primary N) is 1. The molecule has 5 heteroatoms. The van der Waals surface area contributed by atoms with Crippen LogP contribution in [0.15, 0.2) is 12.4 Å². The molecule has 2 unspecified atom stereocenters. The van der Waals surface area contributed by atoms with Crippen molar-refractivity contribution >= 4 is 0 Å². The van der Waals surface area contributed by atoms with Gasteiger partial charge < -0.3 is 9.30 Å². The molecular weight excluding hydrogens is 228 g/mol. The molecule has 0 aromatic carbocycles. The maximum atomic E-state index is 5.63. The topological polar surface area (TPSA) is 65.1 Å². The lowest BCUT2D eigenvalue weighted by Crippen LogP contribution is -2.36. The summed E-state index contributed by atoms with van der Waals surface area (Å²) in [5.41, 5.74) is 2.92. The predicted molar refractivity (Wildman–Crippen MR) is 70.8 cm³/mol. The van der Waals surface area contributed by atoms with Crippen molar-refractivity contribution in [2.45, 2.75) is 50.7 Å². The normalized spacial score (nSPS) is 21.3. The van der Waals surface area contributed by atoms with Crippen LogP contribution in [0.25, 0.3) is 0 Å². The van der Waals surface area contributed by atoms with Crippen LogP contribution in [0.3, 0.4) is 0 Å². The van der Waals surface area contributed by atoms with Crippen LogP contribution >= 0.6 is 0 Å². The van der Waals surface area contributed by atoms with Gasteiger partial charge in [0.25, 0.3) is 0 Å². The van der Waals surface area contributed by atoms with Crippen LogP contribution in [-0.2, 0) is 18.2 Å². The monoisotopic (exact) mass is 252 g/mol. The zero-order chi connectivity index (χ0) is 12.8. The molecule has 0 aliphatic carbocycles. The third kappa shape index (κ3) is 3.80. The maximum absolute atomic E-state index is 5.63. The van der Waals surface area contributed by atoms with Crippen LogP contribution in [0.4, 0.5) is 0 Å². The fourth-order valence-electron chi connectivity index (χ4n) is 2.51. The maximum Gasteiger partial charge on any atom is 0.108 e. The first-order chi connectivity index (χ1) is 8.79. The minimum Gasteiger partial charge on any atom is -0.378 e. The minimum absolute atomic E-state index is 0.353. The Labute approximate surface area is 109 Å². The molecule has 2 heterocycles. The lowest BCUT2D eigenvalue weighted by Gasteiger charge is -2.17. The van der Waals surface area contributed by atoms with Crippen LogP contribution < -0.4 is 11.3 Å². The van der Waals surface area contributed by atoms with Gasteiger partial charge in [-0.25, -0.2) is 4.98 Å². The highest BCUT2D eigenvalue weighted by molar-refractivity contribution is 4.92. The first-order valence-electron chi connectivity index (χ1n) is 6.83. The van der Waals surface area contributed by atoms with E-state index in [-0.39, 0.29) is 0 Å². The molecule has 3 N–H and O–H groups in total. The summed E-state index contributed by atoms with van der Waals surface area (Å²) >= 11 is 0. The van der Waals surface area contributed by atoms with Crippen molar-refractivity contribution < 1.29 is 4.74 Å². The van der Waals surface area contributed by atoms with E-state index in [1.54, 1.807) is 0 Å². The first kappa shape index (κ1) is 13.5. The molecule has 18 heavy (non-hydrogen) atoms. The summed E-state index contributed by atoms with van der Waals surface area (Å²) in [4.78, 5) is 4.33. The van der Waals surface area contributed by atoms with Crippen molar-refractivity contribution in [1.82, 2.24) is 15.0 Å². The van der Waals surface area contributed by atoms with E-state index in [0.29, 0.717) is 12.1 Å². The Kier molecular flexibility index (Phi) is 5.16. The number of hydrogen-bond acceptors (Lipinski definition) is 4. The molecule has 102 valence electrons. The van der Waals surface area contributed by atoms with E-state index in [0.717, 1.165) is 38.1 Å². The van der Waals surface area contributed by atoms with Crippen LogP contribution in [0, 0.1) is 0 Å². The largest absolute Gasteiger partial charge is 0.378 e. The molecular formula is C13H24N4O. The fourth-order valence-corrected chi connectivity index (χ4v) is 2.51. The Morgan fingerprint density at radius 1 is 1.61 bits per heavy atom. The highest BCUT2D eigenvalue weighted by Gasteiger charge is 2.17. The number of aromatic nitrogens is 2. The van der Waals surface area contributed by atoms with E-state index >= 15 is 0 Å². The summed E-state index contributed by atoms with van der Waals surface area (Å²) in [5, 5.41) is 0. The van der Waals surface area contributed by atoms with Gasteiger partial charge in [-0.05, 0) is 32.1 Å². The number of ether oxygens (including phenoxy) is 1. The van der Waals surface area contributed by atoms with Crippen molar-refractivity contribution in [2.75, 3.05) is 6.61 Å². The Bertz CT molecular complexity index is 347. The van der Waals surface area contributed by atoms with E-state index in [1.165, 1.54) is 12.8 Å². The van der Waals surface area contributed by atoms with Crippen molar-refractivity contribution in [2.24, 2.45) is 12.9 Å². The second kappa shape index (κ2) is 6.87. The average molecular weight is 252 g/mol. The van der Waals surface area contributed by atoms with Gasteiger partial charge in [0.2, 0.25) is 0 Å². The number of rotatable bonds is 7. The molecule has 0 amide bonds. The van der Waals surface area contributed by atoms with Crippen molar-refractivity contribution in [3.05, 3.63) is 18.2 Å². The van der Waals surface area contributed by atoms with Crippen molar-refractivity contribution in [3.8, 4) is 0 Å². The molecule has 2 atom stereocenters. The summed E-state index contributed by atoms with van der Waals surface area (Å²) in [6.07, 6.45) is 10.8. The zero-order valence-electron chi connectivity index (χ0n) is 11.1. The molecule has 1 fully saturated rings. The molecule has 1 aromatic rings. The van der Waals surface area contributed by atoms with Gasteiger partial charge in [-0.2, -0.15) is 0 Å². The van der Waals surface area contributed by atoms with E-state index in [9.17, 15) is 0 Å². The highest BCUT2D eigenvalue weighted by Crippen LogP contribution is 2.18. The summed E-state index contributed by atoms with van der Waals surface area (Å²) in [7, 11) is 2.03. The van der Waals surface area contributed by atoms with Crippen molar-refractivity contribution in [1.29, 1.82) is 0 Å². The fraction of sp³-hybridized carbons (Fsp3) is 0.769. The molecule has 2 rings (SSSR count). The van der Waals surface area contributed by atoms with E-state index in [2.05, 4.69) is 15.0 Å². The number of nitrogens with one attached hydrogen (secondary N) is 1. The average Bonchev–Trinajstić information content (AvgIpc) is 3.01. The summed E-state index contributed by atoms with van der Waals surface area (Å²) < 4.78 is 7.70. The second-order valence-corrected chi connectivity index (χ2v) is 5.07. The molecule has 5 nitrogen and oxygen atoms in total. The second-order valence-electron chi connectivity index (χ2n) is 5.07. The van der Waals surface area contributed by atoms with Gasteiger partial charge in [-0.1, -0.05) is 0 Å². The number of hydrazine groups is 1. The van der Waals surface area contributed by atoms with Gasteiger partial charge in [0.05, 0.1) is 6.10 Å². The Hall–Kier alpha value is -0.910. The van der Waals surface area contributed by atoms with Gasteiger partial charge >= 0.3 is 0 Å². The zero-order valence-corrected chi connectivity index (χ0v) is 11.1. The van der Waals surface area contributed by atoms with Gasteiger partial charge in [0.15, 0.2) is 0 Å². The summed E-state index contributed by atoms with van der Waals surface area (Å²) in [6, 6.07) is 0.353. The first-order valence-corrected chi connectivity index (χ1v) is 6.83. The van der Waals surface area contributed by atoms with Crippen LogP contribution in [0.2, 0.25) is 0 Å². The van der Waals surface area contributed by atoms with Gasteiger partial charge in [0, 0.05) is 38.5 Å². The van der Waals surface area contributed by atoms with Gasteiger partial charge in [-0.15, -0.1) is 0 Å². The molecule has 1 saturated heterocycles. The van der Waals surface area contributed by atoms with Gasteiger partial charge in [-0.3, -0.25) is 11.3 Å². The van der Waals surface area contributed by atoms with Crippen LogP contribution in [0.5, 0.6) is 0 Å². The number of nitrogens with zero attached hydrogens (tertiary/aromatic N) is 2. The molecule has 0 radical (unpaired) electrons. The predicted octanol–water partition coefficient (Wildman–Crippen LogP) is 1.14. The van der Waals surface area contributed by atoms with E-state index in [1.807, 2.05) is 19.4 Å². The molecule has 0 bridgehead atoms. The molecule has 1 aliphatic heterocycles. The third-order valence-corrected chi connectivity index (χ3v) is 3.73. The molecule has 1 aromatic heterocycles. The Morgan fingerprint density at radius 2 is 2.50 bits per heavy atom. The lowest BCUT2D eigenvalue weighted by molar-refractivity contribution is 0.0993. The number of imidazole rings is 1. The smallest absolute Gasteiger partial charge is 0.108 e. The molecule has 0 saturated carbocycles. The standard InChI is InChI=1S/C13H24N4O/c1-17-9-8-15-13(17)7-5-11(16-14)4-6-12-3-2-10-18-12/h8-9,11-12,16H,2-7,10,14H2,1H3. The van der Waals surface area contributed by atoms with E-state index < -0.39 is 0 Å². The quantitative estimate of drug-likeness (QED) is 0.564. The van der Waals surface area contributed by atoms with Crippen LogP contribution in [-0.4, -0.2) is 28.3 Å². The minimum atomic E-state index is 0.353. The highest BCUT2D eigenvalue weighted by atomic mass is 16.5. The SMILES string of the molecule is Cn1ccnc1CCC(CCC1CCCO1)NN. The summed E-state index contributed by atoms with van der Waals surface area (Å²) in [5.74, 6) is 6.73. The Balaban J connectivity index is 1.70. The Morgan fingerprint density at radius 3 is 3.11 bits per heavy atom. The van der Waals surface area contributed by atoms with Crippen LogP contribution in [0.1, 0.15) is 37.9 Å².